The van der Waals surface area contributed by atoms with Gasteiger partial charge in [0.2, 0.25) is 11.6 Å². The summed E-state index contributed by atoms with van der Waals surface area (Å²) >= 11 is 1.28. The van der Waals surface area contributed by atoms with Crippen molar-refractivity contribution in [1.82, 2.24) is 15.5 Å². The molecule has 7 nitrogen and oxygen atoms in total. The molecule has 1 amide bonds. The number of methoxy groups -OCH3 is 1. The predicted octanol–water partition coefficient (Wildman–Crippen LogP) is 0.802. The van der Waals surface area contributed by atoms with Gasteiger partial charge in [0.25, 0.3) is 5.91 Å². The Morgan fingerprint density at radius 2 is 2.24 bits per heavy atom. The Bertz CT molecular complexity index is 621. The summed E-state index contributed by atoms with van der Waals surface area (Å²) in [5, 5.41) is 8.64. The van der Waals surface area contributed by atoms with E-state index in [2.05, 4.69) is 15.5 Å². The number of hydrogen-bond acceptors (Lipinski definition) is 6. The maximum Gasteiger partial charge on any atom is 0.272 e. The predicted molar refractivity (Wildman–Crippen MR) is 77.7 cm³/mol. The molecule has 21 heavy (non-hydrogen) atoms. The smallest absolute Gasteiger partial charge is 0.272 e. The second-order valence-corrected chi connectivity index (χ2v) is 5.43. The molecule has 0 unspecified atom stereocenters. The number of nitrogens with zero attached hydrogens (tertiary/aromatic N) is 1. The maximum atomic E-state index is 12.4. The molecule has 0 atom stereocenters. The van der Waals surface area contributed by atoms with Gasteiger partial charge in [0.05, 0.1) is 10.5 Å². The number of carbonyl (C=O) groups is 3. The zero-order valence-corrected chi connectivity index (χ0v) is 12.5. The minimum absolute atomic E-state index is 0.0473. The van der Waals surface area contributed by atoms with Crippen LogP contribution in [0.1, 0.15) is 37.8 Å². The second-order valence-electron chi connectivity index (χ2n) is 4.30. The van der Waals surface area contributed by atoms with E-state index in [1.54, 1.807) is 7.11 Å². The van der Waals surface area contributed by atoms with Gasteiger partial charge in [-0.1, -0.05) is 0 Å². The standard InChI is InChI=1S/C13H15N3O4S/c1-14-13(19)11-9-10(15-16-11)7(17)6-8(12(9)18)21-5-3-4-20-2/h6H,3-5H2,1-2H3,(H,14,19)(H,15,16). The van der Waals surface area contributed by atoms with E-state index in [0.29, 0.717) is 17.3 Å². The van der Waals surface area contributed by atoms with Crippen LogP contribution in [0.5, 0.6) is 0 Å². The van der Waals surface area contributed by atoms with Crippen LogP contribution in [-0.2, 0) is 4.74 Å². The van der Waals surface area contributed by atoms with Crippen molar-refractivity contribution in [3.63, 3.8) is 0 Å². The van der Waals surface area contributed by atoms with Crippen molar-refractivity contribution in [1.29, 1.82) is 0 Å². The van der Waals surface area contributed by atoms with Crippen molar-refractivity contribution in [3.05, 3.63) is 27.9 Å². The number of nitrogens with one attached hydrogen (secondary N) is 2. The highest BCUT2D eigenvalue weighted by atomic mass is 32.2. The lowest BCUT2D eigenvalue weighted by molar-refractivity contribution is 0.0945. The second kappa shape index (κ2) is 6.68. The van der Waals surface area contributed by atoms with Gasteiger partial charge in [-0.3, -0.25) is 19.5 Å². The number of rotatable bonds is 6. The monoisotopic (exact) mass is 309 g/mol. The Morgan fingerprint density at radius 1 is 1.48 bits per heavy atom. The minimum atomic E-state index is -0.501. The normalized spacial score (nSPS) is 13.9. The molecule has 8 heteroatoms. The molecule has 0 aliphatic heterocycles. The first-order valence-corrected chi connectivity index (χ1v) is 7.31. The maximum absolute atomic E-state index is 12.4. The zero-order chi connectivity index (χ0) is 15.4. The van der Waals surface area contributed by atoms with Crippen molar-refractivity contribution >= 4 is 29.2 Å². The summed E-state index contributed by atoms with van der Waals surface area (Å²) in [6.45, 7) is 0.586. The Hall–Kier alpha value is -1.93. The van der Waals surface area contributed by atoms with Crippen molar-refractivity contribution in [2.75, 3.05) is 26.5 Å². The summed E-state index contributed by atoms with van der Waals surface area (Å²) in [6.07, 6.45) is 2.05. The number of fused-ring (bicyclic) bond motifs is 1. The van der Waals surface area contributed by atoms with E-state index in [0.717, 1.165) is 6.42 Å². The number of ketones is 2. The van der Waals surface area contributed by atoms with Crippen LogP contribution in [-0.4, -0.2) is 54.2 Å². The number of ether oxygens (including phenoxy) is 1. The highest BCUT2D eigenvalue weighted by Gasteiger charge is 2.33. The molecule has 0 saturated heterocycles. The van der Waals surface area contributed by atoms with Crippen LogP contribution >= 0.6 is 11.8 Å². The van der Waals surface area contributed by atoms with E-state index in [1.165, 1.54) is 24.9 Å². The molecule has 1 aromatic heterocycles. The fraction of sp³-hybridized carbons (Fsp3) is 0.385. The largest absolute Gasteiger partial charge is 0.385 e. The molecule has 1 aliphatic carbocycles. The lowest BCUT2D eigenvalue weighted by atomic mass is 9.99. The van der Waals surface area contributed by atoms with Crippen LogP contribution in [0.15, 0.2) is 11.0 Å². The first-order chi connectivity index (χ1) is 10.1. The minimum Gasteiger partial charge on any atom is -0.385 e. The number of H-pyrrole nitrogens is 1. The van der Waals surface area contributed by atoms with E-state index in [1.807, 2.05) is 0 Å². The molecule has 1 aliphatic rings. The van der Waals surface area contributed by atoms with E-state index >= 15 is 0 Å². The molecule has 0 aromatic carbocycles. The van der Waals surface area contributed by atoms with Gasteiger partial charge in [-0.05, 0) is 6.42 Å². The number of amides is 1. The average molecular weight is 309 g/mol. The van der Waals surface area contributed by atoms with Crippen LogP contribution in [0.25, 0.3) is 0 Å². The molecule has 0 saturated carbocycles. The number of aromatic amines is 1. The Balaban J connectivity index is 2.23. The molecule has 1 aromatic rings. The molecule has 2 N–H and O–H groups in total. The van der Waals surface area contributed by atoms with Gasteiger partial charge in [-0.2, -0.15) is 5.10 Å². The summed E-state index contributed by atoms with van der Waals surface area (Å²) in [5.41, 5.74) is 0.0740. The highest BCUT2D eigenvalue weighted by molar-refractivity contribution is 8.04. The van der Waals surface area contributed by atoms with E-state index in [9.17, 15) is 14.4 Å². The van der Waals surface area contributed by atoms with Crippen LogP contribution in [0.2, 0.25) is 0 Å². The Labute approximate surface area is 125 Å². The van der Waals surface area contributed by atoms with Crippen LogP contribution in [0.4, 0.5) is 0 Å². The number of aromatic nitrogens is 2. The van der Waals surface area contributed by atoms with Crippen LogP contribution < -0.4 is 5.32 Å². The number of thioether (sulfide) groups is 1. The molecule has 112 valence electrons. The molecular formula is C13H15N3O4S. The lowest BCUT2D eigenvalue weighted by Crippen LogP contribution is -2.23. The van der Waals surface area contributed by atoms with Gasteiger partial charge in [-0.15, -0.1) is 11.8 Å². The third-order valence-corrected chi connectivity index (χ3v) is 4.03. The number of carbonyl (C=O) groups excluding carboxylic acids is 3. The fourth-order valence-corrected chi connectivity index (χ4v) is 2.80. The third kappa shape index (κ3) is 3.06. The zero-order valence-electron chi connectivity index (χ0n) is 11.7. The highest BCUT2D eigenvalue weighted by Crippen LogP contribution is 2.29. The van der Waals surface area contributed by atoms with Crippen molar-refractivity contribution < 1.29 is 19.1 Å². The van der Waals surface area contributed by atoms with Crippen molar-refractivity contribution in [2.45, 2.75) is 6.42 Å². The molecule has 2 rings (SSSR count). The molecular weight excluding hydrogens is 294 g/mol. The lowest BCUT2D eigenvalue weighted by Gasteiger charge is -2.11. The summed E-state index contributed by atoms with van der Waals surface area (Å²) < 4.78 is 4.94. The molecule has 1 heterocycles. The Morgan fingerprint density at radius 3 is 2.90 bits per heavy atom. The molecule has 0 radical (unpaired) electrons. The first kappa shape index (κ1) is 15.5. The summed E-state index contributed by atoms with van der Waals surface area (Å²) in [6, 6.07) is 0. The number of allylic oxidation sites excluding steroid dienone is 2. The fourth-order valence-electron chi connectivity index (χ4n) is 1.90. The third-order valence-electron chi connectivity index (χ3n) is 2.92. The SMILES string of the molecule is CNC(=O)c1n[nH]c2c1C(=O)C(SCCCOC)=CC2=O. The molecule has 0 spiro atoms. The van der Waals surface area contributed by atoms with Gasteiger partial charge in [-0.25, -0.2) is 0 Å². The van der Waals surface area contributed by atoms with Crippen LogP contribution in [0, 0.1) is 0 Å². The quantitative estimate of drug-likeness (QED) is 0.754. The summed E-state index contributed by atoms with van der Waals surface area (Å²) in [4.78, 5) is 36.4. The topological polar surface area (TPSA) is 101 Å². The van der Waals surface area contributed by atoms with E-state index in [-0.39, 0.29) is 28.5 Å². The van der Waals surface area contributed by atoms with Gasteiger partial charge in [0, 0.05) is 32.6 Å². The van der Waals surface area contributed by atoms with Gasteiger partial charge in [0.15, 0.2) is 5.69 Å². The van der Waals surface area contributed by atoms with E-state index < -0.39 is 5.91 Å². The van der Waals surface area contributed by atoms with Crippen molar-refractivity contribution in [3.8, 4) is 0 Å². The van der Waals surface area contributed by atoms with Gasteiger partial charge < -0.3 is 10.1 Å². The van der Waals surface area contributed by atoms with Crippen LogP contribution in [0.3, 0.4) is 0 Å². The number of hydrogen-bond donors (Lipinski definition) is 2. The summed E-state index contributed by atoms with van der Waals surface area (Å²) in [5.74, 6) is -0.540. The number of Topliss-reactive ketones (excluding diaryl/α,β-unsaturated/α-hetero) is 1. The average Bonchev–Trinajstić information content (AvgIpc) is 2.93. The van der Waals surface area contributed by atoms with Crippen molar-refractivity contribution in [2.24, 2.45) is 0 Å². The first-order valence-electron chi connectivity index (χ1n) is 6.33. The van der Waals surface area contributed by atoms with Gasteiger partial charge >= 0.3 is 0 Å². The summed E-state index contributed by atoms with van der Waals surface area (Å²) in [7, 11) is 3.04. The Kier molecular flexibility index (Phi) is 4.92. The van der Waals surface area contributed by atoms with E-state index in [4.69, 9.17) is 4.74 Å². The van der Waals surface area contributed by atoms with Gasteiger partial charge in [0.1, 0.15) is 5.69 Å². The molecule has 0 bridgehead atoms. The molecule has 0 fully saturated rings.